The number of benzene rings is 1. The van der Waals surface area contributed by atoms with E-state index in [1.54, 1.807) is 12.1 Å². The molecule has 1 aliphatic heterocycles. The number of hydrogen-bond donors (Lipinski definition) is 0. The van der Waals surface area contributed by atoms with E-state index in [0.29, 0.717) is 11.6 Å². The minimum atomic E-state index is 0.186. The van der Waals surface area contributed by atoms with Crippen LogP contribution in [0.2, 0.25) is 5.02 Å². The summed E-state index contributed by atoms with van der Waals surface area (Å²) in [5, 5.41) is 0.673. The molecule has 1 heterocycles. The van der Waals surface area contributed by atoms with Gasteiger partial charge in [-0.1, -0.05) is 31.4 Å². The van der Waals surface area contributed by atoms with Gasteiger partial charge < -0.3 is 4.90 Å². The van der Waals surface area contributed by atoms with E-state index in [4.69, 9.17) is 11.6 Å². The first-order chi connectivity index (χ1) is 10.2. The first kappa shape index (κ1) is 16.5. The molecule has 0 bridgehead atoms. The Morgan fingerprint density at radius 1 is 1.05 bits per heavy atom. The molecule has 3 nitrogen and oxygen atoms in total. The van der Waals surface area contributed by atoms with Crippen molar-refractivity contribution in [3.05, 3.63) is 34.9 Å². The fourth-order valence-electron chi connectivity index (χ4n) is 2.69. The van der Waals surface area contributed by atoms with Crippen molar-refractivity contribution in [1.29, 1.82) is 0 Å². The summed E-state index contributed by atoms with van der Waals surface area (Å²) in [5.41, 5.74) is 0.754. The molecule has 0 spiro atoms. The van der Waals surface area contributed by atoms with Crippen LogP contribution in [0.4, 0.5) is 0 Å². The molecule has 4 heteroatoms. The fraction of sp³-hybridized carbons (Fsp3) is 0.588. The molecule has 2 rings (SSSR count). The zero-order chi connectivity index (χ0) is 15.1. The van der Waals surface area contributed by atoms with Crippen LogP contribution in [0, 0.1) is 0 Å². The van der Waals surface area contributed by atoms with E-state index in [1.807, 2.05) is 12.1 Å². The van der Waals surface area contributed by atoms with Crippen LogP contribution in [0.3, 0.4) is 0 Å². The number of halogens is 1. The van der Waals surface area contributed by atoms with Gasteiger partial charge in [0.1, 0.15) is 0 Å². The normalized spacial score (nSPS) is 17.0. The lowest BCUT2D eigenvalue weighted by Crippen LogP contribution is -2.48. The molecule has 0 unspecified atom stereocenters. The fourth-order valence-corrected chi connectivity index (χ4v) is 2.81. The van der Waals surface area contributed by atoms with E-state index < -0.39 is 0 Å². The number of unbranched alkanes of at least 4 members (excludes halogenated alkanes) is 2. The van der Waals surface area contributed by atoms with Gasteiger partial charge in [0.15, 0.2) is 5.78 Å². The zero-order valence-corrected chi connectivity index (χ0v) is 13.6. The number of piperazine rings is 1. The topological polar surface area (TPSA) is 23.6 Å². The molecule has 0 amide bonds. The average molecular weight is 309 g/mol. The highest BCUT2D eigenvalue weighted by Gasteiger charge is 2.19. The SMILES string of the molecule is CCCCCN1CCN(CC(=O)c2ccc(Cl)cc2)CC1. The molecule has 0 atom stereocenters. The van der Waals surface area contributed by atoms with Crippen LogP contribution < -0.4 is 0 Å². The lowest BCUT2D eigenvalue weighted by atomic mass is 10.1. The maximum atomic E-state index is 12.2. The highest BCUT2D eigenvalue weighted by Crippen LogP contribution is 2.11. The van der Waals surface area contributed by atoms with E-state index in [2.05, 4.69) is 16.7 Å². The summed E-state index contributed by atoms with van der Waals surface area (Å²) < 4.78 is 0. The van der Waals surface area contributed by atoms with E-state index in [1.165, 1.54) is 25.8 Å². The molecule has 1 aromatic rings. The molecule has 116 valence electrons. The van der Waals surface area contributed by atoms with Gasteiger partial charge in [-0.2, -0.15) is 0 Å². The third-order valence-corrected chi connectivity index (χ3v) is 4.33. The van der Waals surface area contributed by atoms with E-state index in [-0.39, 0.29) is 5.78 Å². The number of carbonyl (C=O) groups excluding carboxylic acids is 1. The highest BCUT2D eigenvalue weighted by molar-refractivity contribution is 6.30. The third-order valence-electron chi connectivity index (χ3n) is 4.08. The van der Waals surface area contributed by atoms with Crippen LogP contribution in [0.15, 0.2) is 24.3 Å². The monoisotopic (exact) mass is 308 g/mol. The minimum Gasteiger partial charge on any atom is -0.301 e. The third kappa shape index (κ3) is 5.42. The Balaban J connectivity index is 1.73. The molecule has 0 saturated carbocycles. The zero-order valence-electron chi connectivity index (χ0n) is 12.9. The van der Waals surface area contributed by atoms with Crippen molar-refractivity contribution in [2.45, 2.75) is 26.2 Å². The van der Waals surface area contributed by atoms with Crippen LogP contribution in [0.1, 0.15) is 36.5 Å². The molecule has 0 radical (unpaired) electrons. The van der Waals surface area contributed by atoms with Gasteiger partial charge in [-0.3, -0.25) is 9.69 Å². The molecule has 0 aliphatic carbocycles. The summed E-state index contributed by atoms with van der Waals surface area (Å²) in [6.45, 7) is 8.10. The standard InChI is InChI=1S/C17H25ClN2O/c1-2-3-4-9-19-10-12-20(13-11-19)14-17(21)15-5-7-16(18)8-6-15/h5-8H,2-4,9-14H2,1H3. The summed E-state index contributed by atoms with van der Waals surface area (Å²) in [7, 11) is 0. The van der Waals surface area contributed by atoms with Gasteiger partial charge >= 0.3 is 0 Å². The Morgan fingerprint density at radius 2 is 1.67 bits per heavy atom. The van der Waals surface area contributed by atoms with Crippen molar-refractivity contribution in [2.75, 3.05) is 39.3 Å². The van der Waals surface area contributed by atoms with Gasteiger partial charge in [-0.15, -0.1) is 0 Å². The van der Waals surface area contributed by atoms with Gasteiger partial charge in [-0.05, 0) is 37.2 Å². The summed E-state index contributed by atoms with van der Waals surface area (Å²) in [6, 6.07) is 7.18. The largest absolute Gasteiger partial charge is 0.301 e. The average Bonchev–Trinajstić information content (AvgIpc) is 2.50. The number of carbonyl (C=O) groups is 1. The number of hydrogen-bond acceptors (Lipinski definition) is 3. The van der Waals surface area contributed by atoms with Crippen molar-refractivity contribution in [3.63, 3.8) is 0 Å². The van der Waals surface area contributed by atoms with Gasteiger partial charge in [0.25, 0.3) is 0 Å². The smallest absolute Gasteiger partial charge is 0.176 e. The number of rotatable bonds is 7. The first-order valence-corrected chi connectivity index (χ1v) is 8.30. The molecule has 1 aromatic carbocycles. The summed E-state index contributed by atoms with van der Waals surface area (Å²) in [5.74, 6) is 0.186. The summed E-state index contributed by atoms with van der Waals surface area (Å²) in [4.78, 5) is 17.0. The van der Waals surface area contributed by atoms with Crippen molar-refractivity contribution in [2.24, 2.45) is 0 Å². The van der Waals surface area contributed by atoms with Gasteiger partial charge in [0, 0.05) is 36.8 Å². The Kier molecular flexibility index (Phi) is 6.68. The predicted octanol–water partition coefficient (Wildman–Crippen LogP) is 3.33. The molecule has 0 aromatic heterocycles. The lowest BCUT2D eigenvalue weighted by molar-refractivity contribution is 0.0851. The second kappa shape index (κ2) is 8.52. The second-order valence-electron chi connectivity index (χ2n) is 5.75. The molecule has 21 heavy (non-hydrogen) atoms. The Bertz CT molecular complexity index is 439. The van der Waals surface area contributed by atoms with Gasteiger partial charge in [-0.25, -0.2) is 0 Å². The van der Waals surface area contributed by atoms with Crippen LogP contribution in [0.25, 0.3) is 0 Å². The van der Waals surface area contributed by atoms with Crippen molar-refractivity contribution in [1.82, 2.24) is 9.80 Å². The van der Waals surface area contributed by atoms with E-state index >= 15 is 0 Å². The molecule has 1 aliphatic rings. The predicted molar refractivity (Wildman–Crippen MR) is 88.2 cm³/mol. The van der Waals surface area contributed by atoms with Crippen LogP contribution in [0.5, 0.6) is 0 Å². The quantitative estimate of drug-likeness (QED) is 0.570. The van der Waals surface area contributed by atoms with E-state index in [0.717, 1.165) is 31.7 Å². The highest BCUT2D eigenvalue weighted by atomic mass is 35.5. The number of nitrogens with zero attached hydrogens (tertiary/aromatic N) is 2. The molecule has 1 fully saturated rings. The van der Waals surface area contributed by atoms with Crippen molar-refractivity contribution in [3.8, 4) is 0 Å². The molecule has 1 saturated heterocycles. The van der Waals surface area contributed by atoms with Crippen molar-refractivity contribution >= 4 is 17.4 Å². The minimum absolute atomic E-state index is 0.186. The van der Waals surface area contributed by atoms with Crippen LogP contribution in [-0.4, -0.2) is 54.9 Å². The van der Waals surface area contributed by atoms with Crippen molar-refractivity contribution < 1.29 is 4.79 Å². The maximum absolute atomic E-state index is 12.2. The number of Topliss-reactive ketones (excluding diaryl/α,β-unsaturated/α-hetero) is 1. The summed E-state index contributed by atoms with van der Waals surface area (Å²) in [6.07, 6.45) is 3.88. The second-order valence-corrected chi connectivity index (χ2v) is 6.19. The summed E-state index contributed by atoms with van der Waals surface area (Å²) >= 11 is 5.85. The Hall–Kier alpha value is -0.900. The van der Waals surface area contributed by atoms with Crippen LogP contribution in [-0.2, 0) is 0 Å². The molecular weight excluding hydrogens is 284 g/mol. The van der Waals surface area contributed by atoms with Gasteiger partial charge in [0.05, 0.1) is 6.54 Å². The first-order valence-electron chi connectivity index (χ1n) is 7.92. The molecule has 0 N–H and O–H groups in total. The Morgan fingerprint density at radius 3 is 2.29 bits per heavy atom. The molecular formula is C17H25ClN2O. The number of ketones is 1. The van der Waals surface area contributed by atoms with Crippen LogP contribution >= 0.6 is 11.6 Å². The van der Waals surface area contributed by atoms with E-state index in [9.17, 15) is 4.79 Å². The maximum Gasteiger partial charge on any atom is 0.176 e. The lowest BCUT2D eigenvalue weighted by Gasteiger charge is -2.34. The Labute approximate surface area is 132 Å². The van der Waals surface area contributed by atoms with Gasteiger partial charge in [0.2, 0.25) is 0 Å².